The third kappa shape index (κ3) is 4.43. The van der Waals surface area contributed by atoms with E-state index in [1.165, 1.54) is 22.3 Å². The number of hydrogen-bond acceptors (Lipinski definition) is 1. The van der Waals surface area contributed by atoms with Crippen LogP contribution in [0, 0.1) is 6.92 Å². The monoisotopic (exact) mass is 431 g/mol. The van der Waals surface area contributed by atoms with Crippen LogP contribution < -0.4 is 0 Å². The summed E-state index contributed by atoms with van der Waals surface area (Å²) in [6, 6.07) is 24.9. The van der Waals surface area contributed by atoms with Crippen molar-refractivity contribution in [2.45, 2.75) is 26.7 Å². The number of benzene rings is 3. The van der Waals surface area contributed by atoms with Gasteiger partial charge in [0, 0.05) is 16.0 Å². The fraction of sp³-hybridized carbons (Fsp3) is 0.148. The summed E-state index contributed by atoms with van der Waals surface area (Å²) >= 11 is 12.8. The van der Waals surface area contributed by atoms with Gasteiger partial charge in [0.1, 0.15) is 0 Å². The number of rotatable bonds is 5. The molecule has 1 aromatic heterocycles. The van der Waals surface area contributed by atoms with Gasteiger partial charge < -0.3 is 0 Å². The van der Waals surface area contributed by atoms with Gasteiger partial charge in [-0.1, -0.05) is 77.8 Å². The lowest BCUT2D eigenvalue weighted by Gasteiger charge is -2.14. The van der Waals surface area contributed by atoms with Crippen molar-refractivity contribution in [2.24, 2.45) is 0 Å². The molecule has 0 fully saturated rings. The molecular weight excluding hydrogens is 409 g/mol. The van der Waals surface area contributed by atoms with Gasteiger partial charge >= 0.3 is 0 Å². The fourth-order valence-electron chi connectivity index (χ4n) is 3.79. The third-order valence-corrected chi connectivity index (χ3v) is 5.97. The first kappa shape index (κ1) is 20.7. The van der Waals surface area contributed by atoms with Crippen molar-refractivity contribution < 1.29 is 0 Å². The van der Waals surface area contributed by atoms with E-state index in [9.17, 15) is 0 Å². The number of halogens is 2. The Kier molecular flexibility index (Phi) is 6.22. The van der Waals surface area contributed by atoms with Crippen molar-refractivity contribution in [3.8, 4) is 0 Å². The molecule has 1 heterocycles. The third-order valence-electron chi connectivity index (χ3n) is 5.42. The van der Waals surface area contributed by atoms with Crippen molar-refractivity contribution in [1.82, 2.24) is 4.98 Å². The average Bonchev–Trinajstić information content (AvgIpc) is 2.75. The van der Waals surface area contributed by atoms with E-state index in [1.54, 1.807) is 0 Å². The van der Waals surface area contributed by atoms with Gasteiger partial charge in [-0.3, -0.25) is 0 Å². The molecule has 3 heteroatoms. The van der Waals surface area contributed by atoms with Gasteiger partial charge in [-0.2, -0.15) is 0 Å². The van der Waals surface area contributed by atoms with Crippen LogP contribution >= 0.6 is 23.2 Å². The van der Waals surface area contributed by atoms with E-state index in [2.05, 4.69) is 61.5 Å². The van der Waals surface area contributed by atoms with E-state index in [1.807, 2.05) is 31.2 Å². The molecule has 0 saturated carbocycles. The molecule has 0 aliphatic carbocycles. The van der Waals surface area contributed by atoms with Crippen molar-refractivity contribution in [3.05, 3.63) is 117 Å². The minimum absolute atomic E-state index is 0.657. The van der Waals surface area contributed by atoms with Crippen LogP contribution in [-0.4, -0.2) is 4.98 Å². The highest BCUT2D eigenvalue weighted by Gasteiger charge is 2.13. The summed E-state index contributed by atoms with van der Waals surface area (Å²) < 4.78 is 0. The predicted molar refractivity (Wildman–Crippen MR) is 130 cm³/mol. The fourth-order valence-corrected chi connectivity index (χ4v) is 4.22. The van der Waals surface area contributed by atoms with Gasteiger partial charge in [0.05, 0.1) is 16.2 Å². The molecule has 0 aliphatic rings. The Hall–Kier alpha value is -2.61. The Balaban J connectivity index is 1.70. The zero-order valence-corrected chi connectivity index (χ0v) is 18.6. The zero-order chi connectivity index (χ0) is 21.1. The van der Waals surface area contributed by atoms with Gasteiger partial charge in [0.25, 0.3) is 0 Å². The second-order valence-corrected chi connectivity index (χ2v) is 8.33. The Morgan fingerprint density at radius 1 is 0.867 bits per heavy atom. The Labute approximate surface area is 188 Å². The molecule has 0 N–H and O–H groups in total. The molecule has 150 valence electrons. The number of allylic oxidation sites excluding steroid dienone is 1. The first-order valence-corrected chi connectivity index (χ1v) is 10.9. The lowest BCUT2D eigenvalue weighted by atomic mass is 9.93. The standard InChI is InChI=1S/C27H23Cl2N/c1-3-22(27-17-25(29)23-14-13-21(28)16-26(23)30-27)24-15-20(10-9-18(24)2)12-11-19-7-5-4-6-8-19/h3-10,13-17H,11-12H2,1-2H3/b22-3+. The van der Waals surface area contributed by atoms with Gasteiger partial charge in [0.15, 0.2) is 0 Å². The maximum atomic E-state index is 6.58. The highest BCUT2D eigenvalue weighted by atomic mass is 35.5. The van der Waals surface area contributed by atoms with E-state index in [0.717, 1.165) is 35.0 Å². The topological polar surface area (TPSA) is 12.9 Å². The van der Waals surface area contributed by atoms with Gasteiger partial charge in [-0.05, 0) is 73.2 Å². The zero-order valence-electron chi connectivity index (χ0n) is 17.1. The molecule has 1 nitrogen and oxygen atoms in total. The van der Waals surface area contributed by atoms with Crippen LogP contribution in [-0.2, 0) is 12.8 Å². The van der Waals surface area contributed by atoms with Crippen LogP contribution in [0.2, 0.25) is 10.0 Å². The van der Waals surface area contributed by atoms with Crippen LogP contribution in [0.15, 0.2) is 78.9 Å². The molecule has 0 bridgehead atoms. The summed E-state index contributed by atoms with van der Waals surface area (Å²) in [5.41, 5.74) is 7.82. The second-order valence-electron chi connectivity index (χ2n) is 7.49. The summed E-state index contributed by atoms with van der Waals surface area (Å²) in [7, 11) is 0. The lowest BCUT2D eigenvalue weighted by molar-refractivity contribution is 0.958. The minimum atomic E-state index is 0.657. The summed E-state index contributed by atoms with van der Waals surface area (Å²) in [6.07, 6.45) is 4.13. The lowest BCUT2D eigenvalue weighted by Crippen LogP contribution is -1.98. The summed E-state index contributed by atoms with van der Waals surface area (Å²) in [5, 5.41) is 2.25. The quantitative estimate of drug-likeness (QED) is 0.311. The molecule has 0 aliphatic heterocycles. The minimum Gasteiger partial charge on any atom is -0.248 e. The molecule has 4 rings (SSSR count). The molecule has 3 aromatic carbocycles. The molecular formula is C27H23Cl2N. The van der Waals surface area contributed by atoms with E-state index in [0.29, 0.717) is 10.0 Å². The largest absolute Gasteiger partial charge is 0.248 e. The SMILES string of the molecule is C/C=C(/c1cc(Cl)c2ccc(Cl)cc2n1)c1cc(CCc2ccccc2)ccc1C. The average molecular weight is 432 g/mol. The first-order chi connectivity index (χ1) is 14.5. The highest BCUT2D eigenvalue weighted by molar-refractivity contribution is 6.36. The molecule has 0 spiro atoms. The van der Waals surface area contributed by atoms with Crippen LogP contribution in [0.3, 0.4) is 0 Å². The maximum absolute atomic E-state index is 6.58. The van der Waals surface area contributed by atoms with Gasteiger partial charge in [-0.25, -0.2) is 4.98 Å². The molecule has 0 saturated heterocycles. The van der Waals surface area contributed by atoms with Crippen molar-refractivity contribution in [3.63, 3.8) is 0 Å². The Morgan fingerprint density at radius 3 is 2.40 bits per heavy atom. The molecule has 0 atom stereocenters. The normalized spacial score (nSPS) is 11.8. The van der Waals surface area contributed by atoms with E-state index in [-0.39, 0.29) is 0 Å². The summed E-state index contributed by atoms with van der Waals surface area (Å²) in [6.45, 7) is 4.18. The van der Waals surface area contributed by atoms with E-state index >= 15 is 0 Å². The predicted octanol–water partition coefficient (Wildman–Crippen LogP) is 8.09. The van der Waals surface area contributed by atoms with Gasteiger partial charge in [-0.15, -0.1) is 0 Å². The molecule has 0 radical (unpaired) electrons. The summed E-state index contributed by atoms with van der Waals surface area (Å²) in [4.78, 5) is 4.87. The molecule has 0 amide bonds. The maximum Gasteiger partial charge on any atom is 0.0739 e. The van der Waals surface area contributed by atoms with Crippen molar-refractivity contribution >= 4 is 39.7 Å². The Bertz CT molecular complexity index is 1230. The van der Waals surface area contributed by atoms with E-state index < -0.39 is 0 Å². The Morgan fingerprint density at radius 2 is 1.63 bits per heavy atom. The molecule has 0 unspecified atom stereocenters. The van der Waals surface area contributed by atoms with Gasteiger partial charge in [0.2, 0.25) is 0 Å². The second kappa shape index (κ2) is 9.04. The summed E-state index contributed by atoms with van der Waals surface area (Å²) in [5.74, 6) is 0. The highest BCUT2D eigenvalue weighted by Crippen LogP contribution is 2.32. The molecule has 30 heavy (non-hydrogen) atoms. The van der Waals surface area contributed by atoms with Crippen LogP contribution in [0.4, 0.5) is 0 Å². The van der Waals surface area contributed by atoms with Crippen LogP contribution in [0.1, 0.15) is 34.9 Å². The molecule has 4 aromatic rings. The van der Waals surface area contributed by atoms with Crippen LogP contribution in [0.5, 0.6) is 0 Å². The van der Waals surface area contributed by atoms with Crippen LogP contribution in [0.25, 0.3) is 16.5 Å². The van der Waals surface area contributed by atoms with Crippen molar-refractivity contribution in [2.75, 3.05) is 0 Å². The van der Waals surface area contributed by atoms with E-state index in [4.69, 9.17) is 28.2 Å². The first-order valence-electron chi connectivity index (χ1n) is 10.1. The number of pyridine rings is 1. The number of hydrogen-bond donors (Lipinski definition) is 0. The number of aryl methyl sites for hydroxylation is 3. The number of fused-ring (bicyclic) bond motifs is 1. The number of nitrogens with zero attached hydrogens (tertiary/aromatic N) is 1. The smallest absolute Gasteiger partial charge is 0.0739 e. The number of aromatic nitrogens is 1. The van der Waals surface area contributed by atoms with Crippen molar-refractivity contribution in [1.29, 1.82) is 0 Å².